The minimum atomic E-state index is 0.385. The fourth-order valence-electron chi connectivity index (χ4n) is 3.48. The summed E-state index contributed by atoms with van der Waals surface area (Å²) in [5.41, 5.74) is 4.35. The average Bonchev–Trinajstić information content (AvgIpc) is 2.94. The Morgan fingerprint density at radius 2 is 2.24 bits per heavy atom. The molecular formula is C18H24N2S. The Kier molecular flexibility index (Phi) is 4.71. The van der Waals surface area contributed by atoms with E-state index in [2.05, 4.69) is 48.8 Å². The van der Waals surface area contributed by atoms with Gasteiger partial charge in [-0.3, -0.25) is 0 Å². The van der Waals surface area contributed by atoms with E-state index in [1.54, 1.807) is 22.5 Å². The lowest BCUT2D eigenvalue weighted by atomic mass is 9.79. The van der Waals surface area contributed by atoms with Crippen molar-refractivity contribution in [1.29, 1.82) is 0 Å². The number of aromatic nitrogens is 1. The van der Waals surface area contributed by atoms with Gasteiger partial charge in [0.1, 0.15) is 0 Å². The summed E-state index contributed by atoms with van der Waals surface area (Å²) >= 11 is 1.76. The highest BCUT2D eigenvalue weighted by Crippen LogP contribution is 2.37. The van der Waals surface area contributed by atoms with E-state index in [9.17, 15) is 0 Å². The fourth-order valence-corrected chi connectivity index (χ4v) is 4.15. The van der Waals surface area contributed by atoms with Gasteiger partial charge in [0.05, 0.1) is 16.7 Å². The molecule has 21 heavy (non-hydrogen) atoms. The monoisotopic (exact) mass is 300 g/mol. The molecule has 2 unspecified atom stereocenters. The lowest BCUT2D eigenvalue weighted by Crippen LogP contribution is -2.24. The van der Waals surface area contributed by atoms with Crippen LogP contribution in [0.15, 0.2) is 29.6 Å². The summed E-state index contributed by atoms with van der Waals surface area (Å²) in [6.07, 6.45) is 5.03. The highest BCUT2D eigenvalue weighted by atomic mass is 32.1. The summed E-state index contributed by atoms with van der Waals surface area (Å²) in [5, 5.41) is 7.02. The Labute approximate surface area is 131 Å². The van der Waals surface area contributed by atoms with Crippen LogP contribution in [0, 0.1) is 6.92 Å². The summed E-state index contributed by atoms with van der Waals surface area (Å²) in [4.78, 5) is 4.71. The normalized spacial score (nSPS) is 19.2. The largest absolute Gasteiger partial charge is 0.309 e. The maximum atomic E-state index is 4.71. The highest BCUT2D eigenvalue weighted by Gasteiger charge is 2.24. The zero-order valence-electron chi connectivity index (χ0n) is 12.9. The molecule has 0 radical (unpaired) electrons. The van der Waals surface area contributed by atoms with Gasteiger partial charge < -0.3 is 5.32 Å². The SMILES string of the molecule is CCNC(CC1CCCc2ccccc21)c1csc(C)n1. The van der Waals surface area contributed by atoms with E-state index in [-0.39, 0.29) is 0 Å². The summed E-state index contributed by atoms with van der Waals surface area (Å²) in [7, 11) is 0. The smallest absolute Gasteiger partial charge is 0.0898 e. The Bertz CT molecular complexity index is 590. The van der Waals surface area contributed by atoms with Crippen LogP contribution in [0.2, 0.25) is 0 Å². The zero-order chi connectivity index (χ0) is 14.7. The first kappa shape index (κ1) is 14.7. The first-order chi connectivity index (χ1) is 10.3. The zero-order valence-corrected chi connectivity index (χ0v) is 13.7. The molecule has 0 aliphatic heterocycles. The van der Waals surface area contributed by atoms with Crippen molar-refractivity contribution in [3.8, 4) is 0 Å². The van der Waals surface area contributed by atoms with Crippen molar-refractivity contribution in [1.82, 2.24) is 10.3 Å². The fraction of sp³-hybridized carbons (Fsp3) is 0.500. The maximum Gasteiger partial charge on any atom is 0.0898 e. The van der Waals surface area contributed by atoms with Crippen molar-refractivity contribution in [2.75, 3.05) is 6.54 Å². The summed E-state index contributed by atoms with van der Waals surface area (Å²) in [5.74, 6) is 0.668. The summed E-state index contributed by atoms with van der Waals surface area (Å²) < 4.78 is 0. The molecule has 3 heteroatoms. The molecule has 1 N–H and O–H groups in total. The molecule has 1 aliphatic carbocycles. The van der Waals surface area contributed by atoms with Crippen LogP contribution < -0.4 is 5.32 Å². The van der Waals surface area contributed by atoms with Crippen LogP contribution in [0.5, 0.6) is 0 Å². The third kappa shape index (κ3) is 3.35. The quantitative estimate of drug-likeness (QED) is 0.872. The predicted molar refractivity (Wildman–Crippen MR) is 90.0 cm³/mol. The van der Waals surface area contributed by atoms with Gasteiger partial charge in [-0.25, -0.2) is 4.98 Å². The molecule has 1 aromatic heterocycles. The molecule has 0 fully saturated rings. The van der Waals surface area contributed by atoms with E-state index in [1.165, 1.54) is 25.0 Å². The van der Waals surface area contributed by atoms with Crippen LogP contribution in [-0.4, -0.2) is 11.5 Å². The standard InChI is InChI=1S/C18H24N2S/c1-3-19-17(18-12-21-13(2)20-18)11-15-9-6-8-14-7-4-5-10-16(14)15/h4-5,7,10,12,15,17,19H,3,6,8-9,11H2,1-2H3. The number of rotatable bonds is 5. The molecule has 1 heterocycles. The van der Waals surface area contributed by atoms with Gasteiger partial charge in [-0.15, -0.1) is 11.3 Å². The number of nitrogens with zero attached hydrogens (tertiary/aromatic N) is 1. The molecule has 2 nitrogen and oxygen atoms in total. The van der Waals surface area contributed by atoms with E-state index < -0.39 is 0 Å². The predicted octanol–water partition coefficient (Wildman–Crippen LogP) is 4.61. The van der Waals surface area contributed by atoms with Crippen LogP contribution in [-0.2, 0) is 6.42 Å². The molecule has 112 valence electrons. The van der Waals surface area contributed by atoms with Crippen LogP contribution in [0.1, 0.15) is 60.0 Å². The van der Waals surface area contributed by atoms with Gasteiger partial charge in [-0.1, -0.05) is 31.2 Å². The van der Waals surface area contributed by atoms with Crippen LogP contribution in [0.4, 0.5) is 0 Å². The van der Waals surface area contributed by atoms with E-state index >= 15 is 0 Å². The van der Waals surface area contributed by atoms with Crippen molar-refractivity contribution in [3.05, 3.63) is 51.5 Å². The number of benzene rings is 1. The van der Waals surface area contributed by atoms with E-state index in [0.29, 0.717) is 12.0 Å². The van der Waals surface area contributed by atoms with Gasteiger partial charge in [0.2, 0.25) is 0 Å². The lowest BCUT2D eigenvalue weighted by Gasteiger charge is -2.29. The van der Waals surface area contributed by atoms with E-state index in [4.69, 9.17) is 4.98 Å². The number of hydrogen-bond acceptors (Lipinski definition) is 3. The second-order valence-corrected chi connectivity index (χ2v) is 6.99. The molecule has 0 spiro atoms. The van der Waals surface area contributed by atoms with E-state index in [0.717, 1.165) is 18.0 Å². The number of aryl methyl sites for hydroxylation is 2. The van der Waals surface area contributed by atoms with Crippen molar-refractivity contribution in [2.45, 2.75) is 51.5 Å². The van der Waals surface area contributed by atoms with Crippen molar-refractivity contribution in [2.24, 2.45) is 0 Å². The maximum absolute atomic E-state index is 4.71. The molecule has 2 aromatic rings. The molecule has 2 atom stereocenters. The van der Waals surface area contributed by atoms with Crippen molar-refractivity contribution < 1.29 is 0 Å². The van der Waals surface area contributed by atoms with Gasteiger partial charge in [0.15, 0.2) is 0 Å². The third-order valence-electron chi connectivity index (χ3n) is 4.46. The second kappa shape index (κ2) is 6.71. The topological polar surface area (TPSA) is 24.9 Å². The minimum Gasteiger partial charge on any atom is -0.309 e. The van der Waals surface area contributed by atoms with Gasteiger partial charge in [-0.05, 0) is 56.2 Å². The third-order valence-corrected chi connectivity index (χ3v) is 5.25. The number of thiazole rings is 1. The lowest BCUT2D eigenvalue weighted by molar-refractivity contribution is 0.421. The van der Waals surface area contributed by atoms with Crippen LogP contribution in [0.3, 0.4) is 0 Å². The van der Waals surface area contributed by atoms with Crippen molar-refractivity contribution >= 4 is 11.3 Å². The second-order valence-electron chi connectivity index (χ2n) is 5.93. The highest BCUT2D eigenvalue weighted by molar-refractivity contribution is 7.09. The first-order valence-corrected chi connectivity index (χ1v) is 8.89. The van der Waals surface area contributed by atoms with Gasteiger partial charge in [0, 0.05) is 5.38 Å². The molecule has 1 aliphatic rings. The summed E-state index contributed by atoms with van der Waals surface area (Å²) in [6, 6.07) is 9.38. The Morgan fingerprint density at radius 1 is 1.38 bits per heavy atom. The molecule has 0 bridgehead atoms. The van der Waals surface area contributed by atoms with Gasteiger partial charge >= 0.3 is 0 Å². The molecule has 0 saturated carbocycles. The molecular weight excluding hydrogens is 276 g/mol. The van der Waals surface area contributed by atoms with Crippen molar-refractivity contribution in [3.63, 3.8) is 0 Å². The molecule has 0 amide bonds. The number of hydrogen-bond donors (Lipinski definition) is 1. The molecule has 0 saturated heterocycles. The Morgan fingerprint density at radius 3 is 3.00 bits per heavy atom. The first-order valence-electron chi connectivity index (χ1n) is 8.01. The van der Waals surface area contributed by atoms with Gasteiger partial charge in [0.25, 0.3) is 0 Å². The number of fused-ring (bicyclic) bond motifs is 1. The number of nitrogens with one attached hydrogen (secondary N) is 1. The van der Waals surface area contributed by atoms with E-state index in [1.807, 2.05) is 0 Å². The molecule has 3 rings (SSSR count). The minimum absolute atomic E-state index is 0.385. The van der Waals surface area contributed by atoms with Crippen LogP contribution in [0.25, 0.3) is 0 Å². The van der Waals surface area contributed by atoms with Gasteiger partial charge in [-0.2, -0.15) is 0 Å². The Balaban J connectivity index is 1.80. The molecule has 1 aromatic carbocycles. The Hall–Kier alpha value is -1.19. The average molecular weight is 300 g/mol. The summed E-state index contributed by atoms with van der Waals surface area (Å²) in [6.45, 7) is 5.27. The van der Waals surface area contributed by atoms with Crippen LogP contribution >= 0.6 is 11.3 Å².